The molecule has 2 fully saturated rings. The zero-order valence-corrected chi connectivity index (χ0v) is 27.9. The normalized spacial score (nSPS) is 17.9. The van der Waals surface area contributed by atoms with Crippen molar-refractivity contribution in [1.82, 2.24) is 9.80 Å². The summed E-state index contributed by atoms with van der Waals surface area (Å²) in [5, 5.41) is 0.830. The van der Waals surface area contributed by atoms with Gasteiger partial charge in [-0.2, -0.15) is 16.8 Å². The van der Waals surface area contributed by atoms with Gasteiger partial charge in [0, 0.05) is 13.7 Å². The van der Waals surface area contributed by atoms with Crippen LogP contribution in [0.15, 0.2) is 36.4 Å². The molecule has 0 saturated carbocycles. The molecule has 13 heteroatoms. The third kappa shape index (κ3) is 10.8. The zero-order valence-electron chi connectivity index (χ0n) is 24.7. The van der Waals surface area contributed by atoms with Crippen LogP contribution in [0.25, 0.3) is 0 Å². The molecule has 2 aliphatic rings. The monoisotopic (exact) mass is 664 g/mol. The summed E-state index contributed by atoms with van der Waals surface area (Å²) in [6.45, 7) is 8.98. The Hall–Kier alpha value is -1.60. The van der Waals surface area contributed by atoms with Gasteiger partial charge in [-0.3, -0.25) is 0 Å². The lowest BCUT2D eigenvalue weighted by Crippen LogP contribution is -2.35. The van der Waals surface area contributed by atoms with Crippen molar-refractivity contribution in [3.8, 4) is 11.5 Å². The fourth-order valence-corrected chi connectivity index (χ4v) is 7.05. The first-order valence-electron chi connectivity index (χ1n) is 14.1. The lowest BCUT2D eigenvalue weighted by atomic mass is 9.89. The second-order valence-corrected chi connectivity index (χ2v) is 14.6. The molecule has 42 heavy (non-hydrogen) atoms. The van der Waals surface area contributed by atoms with E-state index in [9.17, 15) is 16.8 Å². The largest absolute Gasteiger partial charge is 0.383 e. The minimum absolute atomic E-state index is 0.212. The van der Waals surface area contributed by atoms with Crippen molar-refractivity contribution in [3.05, 3.63) is 57.6 Å². The fourth-order valence-electron chi connectivity index (χ4n) is 5.39. The van der Waals surface area contributed by atoms with E-state index in [4.69, 9.17) is 36.3 Å². The molecule has 0 radical (unpaired) electrons. The Labute approximate surface area is 261 Å². The van der Waals surface area contributed by atoms with Gasteiger partial charge in [0.05, 0.1) is 29.2 Å². The standard InChI is InChI=1S/C15H22ClNO4S.C14H20ClNO3S/c1-20-11-10-17-8-6-12(7-9-17)13-4-3-5-14(15(13)16)21-22(2,18)19;1-3-16-9-7-11(8-10-16)12-5-4-6-13(14(12)15)19-20(2,17)18/h3-5,12H,6-11H2,1-2H3;4-6,11H,3,7-10H2,1-2H3. The smallest absolute Gasteiger partial charge is 0.306 e. The van der Waals surface area contributed by atoms with Gasteiger partial charge < -0.3 is 22.9 Å². The molecule has 0 aromatic heterocycles. The molecular formula is C29H42Cl2N2O7S2. The van der Waals surface area contributed by atoms with E-state index in [2.05, 4.69) is 16.7 Å². The molecule has 9 nitrogen and oxygen atoms in total. The molecule has 2 aromatic carbocycles. The van der Waals surface area contributed by atoms with Crippen LogP contribution >= 0.6 is 23.2 Å². The van der Waals surface area contributed by atoms with Crippen LogP contribution in [0.1, 0.15) is 55.6 Å². The van der Waals surface area contributed by atoms with Gasteiger partial charge in [-0.25, -0.2) is 0 Å². The van der Waals surface area contributed by atoms with Crippen LogP contribution in [0.2, 0.25) is 10.0 Å². The third-order valence-electron chi connectivity index (χ3n) is 7.58. The molecule has 0 atom stereocenters. The average Bonchev–Trinajstić information content (AvgIpc) is 2.94. The number of benzene rings is 2. The minimum atomic E-state index is -3.57. The molecule has 2 saturated heterocycles. The maximum absolute atomic E-state index is 11.3. The van der Waals surface area contributed by atoms with Gasteiger partial charge in [-0.15, -0.1) is 0 Å². The number of methoxy groups -OCH3 is 1. The van der Waals surface area contributed by atoms with Crippen LogP contribution in [0.4, 0.5) is 0 Å². The summed E-state index contributed by atoms with van der Waals surface area (Å²) < 4.78 is 60.0. The van der Waals surface area contributed by atoms with Crippen LogP contribution in [0, 0.1) is 0 Å². The van der Waals surface area contributed by atoms with Gasteiger partial charge in [0.2, 0.25) is 0 Å². The highest BCUT2D eigenvalue weighted by atomic mass is 35.5. The van der Waals surface area contributed by atoms with Crippen LogP contribution < -0.4 is 8.37 Å². The van der Waals surface area contributed by atoms with E-state index >= 15 is 0 Å². The van der Waals surface area contributed by atoms with Gasteiger partial charge in [0.25, 0.3) is 0 Å². The molecule has 0 aliphatic carbocycles. The van der Waals surface area contributed by atoms with E-state index in [0.29, 0.717) is 21.9 Å². The minimum Gasteiger partial charge on any atom is -0.383 e. The Kier molecular flexibility index (Phi) is 13.2. The number of likely N-dealkylation sites (tertiary alicyclic amines) is 2. The van der Waals surface area contributed by atoms with E-state index in [1.54, 1.807) is 31.4 Å². The van der Waals surface area contributed by atoms with Crippen molar-refractivity contribution in [2.45, 2.75) is 44.4 Å². The van der Waals surface area contributed by atoms with E-state index in [0.717, 1.165) is 95.2 Å². The molecular weight excluding hydrogens is 623 g/mol. The summed E-state index contributed by atoms with van der Waals surface area (Å²) >= 11 is 12.7. The van der Waals surface area contributed by atoms with Crippen LogP contribution in [0.3, 0.4) is 0 Å². The molecule has 4 rings (SSSR count). The summed E-state index contributed by atoms with van der Waals surface area (Å²) in [5.41, 5.74) is 1.96. The summed E-state index contributed by atoms with van der Waals surface area (Å²) in [4.78, 5) is 4.77. The molecule has 0 amide bonds. The Morgan fingerprint density at radius 3 is 1.50 bits per heavy atom. The topological polar surface area (TPSA) is 102 Å². The SMILES string of the molecule is CCN1CCC(c2cccc(OS(C)(=O)=O)c2Cl)CC1.COCCN1CCC(c2cccc(OS(C)(=O)=O)c2Cl)CC1. The van der Waals surface area contributed by atoms with Gasteiger partial charge >= 0.3 is 20.2 Å². The molecule has 0 spiro atoms. The summed E-state index contributed by atoms with van der Waals surface area (Å²) in [6, 6.07) is 10.7. The van der Waals surface area contributed by atoms with Crippen molar-refractivity contribution in [1.29, 1.82) is 0 Å². The summed E-state index contributed by atoms with van der Waals surface area (Å²) in [7, 11) is -5.42. The van der Waals surface area contributed by atoms with Gasteiger partial charge in [0.15, 0.2) is 11.5 Å². The van der Waals surface area contributed by atoms with Crippen molar-refractivity contribution in [3.63, 3.8) is 0 Å². The molecule has 0 bridgehead atoms. The van der Waals surface area contributed by atoms with E-state index < -0.39 is 20.2 Å². The van der Waals surface area contributed by atoms with Crippen molar-refractivity contribution >= 4 is 43.4 Å². The lowest BCUT2D eigenvalue weighted by Gasteiger charge is -2.32. The molecule has 2 aromatic rings. The Bertz CT molecular complexity index is 1370. The van der Waals surface area contributed by atoms with Crippen molar-refractivity contribution < 1.29 is 29.9 Å². The quantitative estimate of drug-likeness (QED) is 0.310. The highest BCUT2D eigenvalue weighted by Crippen LogP contribution is 2.39. The number of piperidine rings is 2. The lowest BCUT2D eigenvalue weighted by molar-refractivity contribution is 0.130. The number of nitrogens with zero attached hydrogens (tertiary/aromatic N) is 2. The van der Waals surface area contributed by atoms with E-state index in [1.165, 1.54) is 0 Å². The fraction of sp³-hybridized carbons (Fsp3) is 0.586. The first kappa shape index (κ1) is 34.9. The maximum Gasteiger partial charge on any atom is 0.306 e. The number of hydrogen-bond acceptors (Lipinski definition) is 9. The number of hydrogen-bond donors (Lipinski definition) is 0. The second-order valence-electron chi connectivity index (χ2n) is 10.7. The first-order chi connectivity index (χ1) is 19.8. The number of rotatable bonds is 10. The van der Waals surface area contributed by atoms with Crippen molar-refractivity contribution in [2.75, 3.05) is 65.5 Å². The molecule has 2 aliphatic heterocycles. The maximum atomic E-state index is 11.3. The van der Waals surface area contributed by atoms with E-state index in [-0.39, 0.29) is 11.5 Å². The Morgan fingerprint density at radius 2 is 1.14 bits per heavy atom. The Balaban J connectivity index is 0.000000231. The van der Waals surface area contributed by atoms with Gasteiger partial charge in [0.1, 0.15) is 0 Å². The zero-order chi connectivity index (χ0) is 30.9. The number of halogens is 2. The molecule has 0 N–H and O–H groups in total. The summed E-state index contributed by atoms with van der Waals surface area (Å²) in [5.74, 6) is 1.14. The summed E-state index contributed by atoms with van der Waals surface area (Å²) in [6.07, 6.45) is 6.10. The second kappa shape index (κ2) is 15.9. The van der Waals surface area contributed by atoms with Crippen LogP contribution in [0.5, 0.6) is 11.5 Å². The highest BCUT2D eigenvalue weighted by molar-refractivity contribution is 7.86. The van der Waals surface area contributed by atoms with Crippen LogP contribution in [-0.2, 0) is 25.0 Å². The molecule has 236 valence electrons. The molecule has 2 heterocycles. The predicted molar refractivity (Wildman–Crippen MR) is 168 cm³/mol. The highest BCUT2D eigenvalue weighted by Gasteiger charge is 2.25. The first-order valence-corrected chi connectivity index (χ1v) is 18.5. The van der Waals surface area contributed by atoms with Gasteiger partial charge in [-0.1, -0.05) is 54.4 Å². The Morgan fingerprint density at radius 1 is 0.738 bits per heavy atom. The average molecular weight is 666 g/mol. The van der Waals surface area contributed by atoms with Crippen LogP contribution in [-0.4, -0.2) is 92.1 Å². The number of ether oxygens (including phenoxy) is 1. The third-order valence-corrected chi connectivity index (χ3v) is 9.36. The molecule has 0 unspecified atom stereocenters. The van der Waals surface area contributed by atoms with Gasteiger partial charge in [-0.05, 0) is 93.5 Å². The van der Waals surface area contributed by atoms with Crippen molar-refractivity contribution in [2.24, 2.45) is 0 Å². The van der Waals surface area contributed by atoms with E-state index in [1.807, 2.05) is 12.1 Å². The predicted octanol–water partition coefficient (Wildman–Crippen LogP) is 5.38.